The Labute approximate surface area is 154 Å². The van der Waals surface area contributed by atoms with Gasteiger partial charge in [0, 0.05) is 23.7 Å². The standard InChI is InChI=1S/C21H24N2O3/c1-3-4-13-26-19-12-8-5-9-16(19)14-23-18-11-7-6-10-17(18)20(21(23)25)22-15(2)24/h5-12,20H,3-4,13-14H2,1-2H3,(H,22,24)/t20-/m1/s1. The molecule has 136 valence electrons. The number of unbranched alkanes of at least 4 members (excludes halogenated alkanes) is 1. The first kappa shape index (κ1) is 18.0. The first-order chi connectivity index (χ1) is 12.6. The van der Waals surface area contributed by atoms with Gasteiger partial charge in [-0.2, -0.15) is 0 Å². The van der Waals surface area contributed by atoms with Crippen molar-refractivity contribution in [2.75, 3.05) is 11.5 Å². The number of benzene rings is 2. The molecule has 0 radical (unpaired) electrons. The summed E-state index contributed by atoms with van der Waals surface area (Å²) in [5, 5.41) is 2.76. The maximum Gasteiger partial charge on any atom is 0.254 e. The maximum atomic E-state index is 12.9. The van der Waals surface area contributed by atoms with Gasteiger partial charge in [-0.3, -0.25) is 9.59 Å². The van der Waals surface area contributed by atoms with Crippen LogP contribution in [0.4, 0.5) is 5.69 Å². The summed E-state index contributed by atoms with van der Waals surface area (Å²) < 4.78 is 5.89. The Hall–Kier alpha value is -2.82. The highest BCUT2D eigenvalue weighted by Crippen LogP contribution is 2.37. The lowest BCUT2D eigenvalue weighted by atomic mass is 10.1. The Balaban J connectivity index is 1.86. The second kappa shape index (κ2) is 8.04. The molecule has 0 saturated heterocycles. The van der Waals surface area contributed by atoms with Gasteiger partial charge in [-0.15, -0.1) is 0 Å². The van der Waals surface area contributed by atoms with E-state index in [1.165, 1.54) is 6.92 Å². The third kappa shape index (κ3) is 3.72. The van der Waals surface area contributed by atoms with E-state index in [1.807, 2.05) is 48.5 Å². The van der Waals surface area contributed by atoms with Crippen LogP contribution in [0.1, 0.15) is 43.9 Å². The van der Waals surface area contributed by atoms with Crippen molar-refractivity contribution in [2.45, 2.75) is 39.3 Å². The summed E-state index contributed by atoms with van der Waals surface area (Å²) in [4.78, 5) is 26.2. The number of fused-ring (bicyclic) bond motifs is 1. The van der Waals surface area contributed by atoms with E-state index in [9.17, 15) is 9.59 Å². The van der Waals surface area contributed by atoms with Gasteiger partial charge in [0.15, 0.2) is 0 Å². The van der Waals surface area contributed by atoms with Crippen LogP contribution in [-0.2, 0) is 16.1 Å². The topological polar surface area (TPSA) is 58.6 Å². The molecule has 0 saturated carbocycles. The summed E-state index contributed by atoms with van der Waals surface area (Å²) in [6, 6.07) is 14.7. The lowest BCUT2D eigenvalue weighted by molar-refractivity contribution is -0.126. The van der Waals surface area contributed by atoms with E-state index in [-0.39, 0.29) is 11.8 Å². The van der Waals surface area contributed by atoms with Crippen molar-refractivity contribution < 1.29 is 14.3 Å². The number of ether oxygens (including phenoxy) is 1. The van der Waals surface area contributed by atoms with Gasteiger partial charge in [0.1, 0.15) is 11.8 Å². The number of carbonyl (C=O) groups is 2. The summed E-state index contributed by atoms with van der Waals surface area (Å²) >= 11 is 0. The van der Waals surface area contributed by atoms with Crippen LogP contribution in [0.25, 0.3) is 0 Å². The molecular formula is C21H24N2O3. The number of anilines is 1. The Kier molecular flexibility index (Phi) is 5.56. The zero-order valence-electron chi connectivity index (χ0n) is 15.2. The van der Waals surface area contributed by atoms with Gasteiger partial charge in [-0.25, -0.2) is 0 Å². The largest absolute Gasteiger partial charge is 0.493 e. The summed E-state index contributed by atoms with van der Waals surface area (Å²) in [5.74, 6) is 0.460. The molecule has 1 aliphatic heterocycles. The van der Waals surface area contributed by atoms with Crippen molar-refractivity contribution in [3.8, 4) is 5.75 Å². The summed E-state index contributed by atoms with van der Waals surface area (Å²) in [6.07, 6.45) is 2.06. The highest BCUT2D eigenvalue weighted by atomic mass is 16.5. The first-order valence-electron chi connectivity index (χ1n) is 9.00. The number of hydrogen-bond acceptors (Lipinski definition) is 3. The summed E-state index contributed by atoms with van der Waals surface area (Å²) in [6.45, 7) is 4.62. The highest BCUT2D eigenvalue weighted by Gasteiger charge is 2.37. The van der Waals surface area contributed by atoms with Crippen molar-refractivity contribution in [3.05, 3.63) is 59.7 Å². The molecule has 5 nitrogen and oxygen atoms in total. The number of rotatable bonds is 7. The molecule has 0 fully saturated rings. The quantitative estimate of drug-likeness (QED) is 0.775. The Morgan fingerprint density at radius 3 is 2.65 bits per heavy atom. The average Bonchev–Trinajstić information content (AvgIpc) is 2.89. The van der Waals surface area contributed by atoms with E-state index < -0.39 is 6.04 Å². The molecule has 0 aliphatic carbocycles. The smallest absolute Gasteiger partial charge is 0.254 e. The van der Waals surface area contributed by atoms with E-state index in [2.05, 4.69) is 12.2 Å². The van der Waals surface area contributed by atoms with E-state index in [4.69, 9.17) is 4.74 Å². The van der Waals surface area contributed by atoms with Crippen LogP contribution in [0.5, 0.6) is 5.75 Å². The third-order valence-electron chi connectivity index (χ3n) is 4.46. The molecule has 0 aromatic heterocycles. The normalized spacial score (nSPS) is 15.7. The predicted octanol–water partition coefficient (Wildman–Crippen LogP) is 3.59. The maximum absolute atomic E-state index is 12.9. The minimum atomic E-state index is -0.628. The number of nitrogens with one attached hydrogen (secondary N) is 1. The van der Waals surface area contributed by atoms with Crippen molar-refractivity contribution in [3.63, 3.8) is 0 Å². The van der Waals surface area contributed by atoms with Crippen LogP contribution in [0.15, 0.2) is 48.5 Å². The Bertz CT molecular complexity index is 803. The molecule has 2 aromatic rings. The van der Waals surface area contributed by atoms with Gasteiger partial charge in [-0.05, 0) is 18.6 Å². The van der Waals surface area contributed by atoms with Crippen molar-refractivity contribution >= 4 is 17.5 Å². The molecule has 2 aromatic carbocycles. The molecule has 2 amide bonds. The van der Waals surface area contributed by atoms with Crippen molar-refractivity contribution in [1.82, 2.24) is 5.32 Å². The van der Waals surface area contributed by atoms with Crippen LogP contribution < -0.4 is 15.0 Å². The molecule has 26 heavy (non-hydrogen) atoms. The zero-order chi connectivity index (χ0) is 18.5. The van der Waals surface area contributed by atoms with Gasteiger partial charge in [0.25, 0.3) is 5.91 Å². The van der Waals surface area contributed by atoms with E-state index in [0.717, 1.165) is 35.4 Å². The summed E-state index contributed by atoms with van der Waals surface area (Å²) in [7, 11) is 0. The number of hydrogen-bond donors (Lipinski definition) is 1. The van der Waals surface area contributed by atoms with Crippen molar-refractivity contribution in [2.24, 2.45) is 0 Å². The monoisotopic (exact) mass is 352 g/mol. The van der Waals surface area contributed by atoms with E-state index in [1.54, 1.807) is 4.90 Å². The molecule has 3 rings (SSSR count). The third-order valence-corrected chi connectivity index (χ3v) is 4.46. The number of para-hydroxylation sites is 2. The molecule has 1 aliphatic rings. The second-order valence-corrected chi connectivity index (χ2v) is 6.43. The van der Waals surface area contributed by atoms with Crippen molar-refractivity contribution in [1.29, 1.82) is 0 Å². The molecule has 0 unspecified atom stereocenters. The van der Waals surface area contributed by atoms with Crippen LogP contribution >= 0.6 is 0 Å². The average molecular weight is 352 g/mol. The molecule has 1 heterocycles. The van der Waals surface area contributed by atoms with Crippen LogP contribution in [0.3, 0.4) is 0 Å². The first-order valence-corrected chi connectivity index (χ1v) is 9.00. The minimum Gasteiger partial charge on any atom is -0.493 e. The van der Waals surface area contributed by atoms with Crippen LogP contribution in [0.2, 0.25) is 0 Å². The van der Waals surface area contributed by atoms with Gasteiger partial charge in [0.2, 0.25) is 5.91 Å². The fraction of sp³-hybridized carbons (Fsp3) is 0.333. The predicted molar refractivity (Wildman–Crippen MR) is 101 cm³/mol. The lowest BCUT2D eigenvalue weighted by Gasteiger charge is -2.20. The van der Waals surface area contributed by atoms with E-state index >= 15 is 0 Å². The molecule has 5 heteroatoms. The molecule has 0 spiro atoms. The summed E-state index contributed by atoms with van der Waals surface area (Å²) in [5.41, 5.74) is 2.62. The van der Waals surface area contributed by atoms with Gasteiger partial charge in [0.05, 0.1) is 13.2 Å². The van der Waals surface area contributed by atoms with Crippen LogP contribution in [0, 0.1) is 0 Å². The molecular weight excluding hydrogens is 328 g/mol. The van der Waals surface area contributed by atoms with Gasteiger partial charge < -0.3 is 15.0 Å². The fourth-order valence-electron chi connectivity index (χ4n) is 3.16. The second-order valence-electron chi connectivity index (χ2n) is 6.43. The minimum absolute atomic E-state index is 0.121. The molecule has 1 N–H and O–H groups in total. The molecule has 0 bridgehead atoms. The Morgan fingerprint density at radius 2 is 1.88 bits per heavy atom. The highest BCUT2D eigenvalue weighted by molar-refractivity contribution is 6.06. The lowest BCUT2D eigenvalue weighted by Crippen LogP contribution is -2.36. The zero-order valence-corrected chi connectivity index (χ0v) is 15.2. The Morgan fingerprint density at radius 1 is 1.15 bits per heavy atom. The SMILES string of the molecule is CCCCOc1ccccc1CN1C(=O)[C@H](NC(C)=O)c2ccccc21. The van der Waals surface area contributed by atoms with Gasteiger partial charge >= 0.3 is 0 Å². The van der Waals surface area contributed by atoms with Gasteiger partial charge in [-0.1, -0.05) is 49.7 Å². The fourth-order valence-corrected chi connectivity index (χ4v) is 3.16. The van der Waals surface area contributed by atoms with E-state index in [0.29, 0.717) is 13.2 Å². The number of amides is 2. The molecule has 1 atom stereocenters. The number of carbonyl (C=O) groups excluding carboxylic acids is 2. The van der Waals surface area contributed by atoms with Crippen LogP contribution in [-0.4, -0.2) is 18.4 Å². The number of nitrogens with zero attached hydrogens (tertiary/aromatic N) is 1.